The first-order valence-electron chi connectivity index (χ1n) is 4.67. The molecule has 0 heterocycles. The van der Waals surface area contributed by atoms with Gasteiger partial charge in [-0.2, -0.15) is 11.8 Å². The lowest BCUT2D eigenvalue weighted by Gasteiger charge is -2.07. The van der Waals surface area contributed by atoms with Gasteiger partial charge in [-0.25, -0.2) is 4.79 Å². The van der Waals surface area contributed by atoms with E-state index in [1.54, 1.807) is 17.8 Å². The number of carbonyl (C=O) groups is 1. The molecule has 1 aromatic rings. The Morgan fingerprint density at radius 1 is 1.47 bits per heavy atom. The van der Waals surface area contributed by atoms with Gasteiger partial charge in [-0.3, -0.25) is 0 Å². The molecule has 1 aromatic carbocycles. The van der Waals surface area contributed by atoms with Crippen LogP contribution in [-0.2, 0) is 5.75 Å². The predicted molar refractivity (Wildman–Crippen MR) is 61.5 cm³/mol. The Kier molecular flexibility index (Phi) is 4.03. The second-order valence-electron chi connectivity index (χ2n) is 3.51. The molecule has 0 aliphatic rings. The lowest BCUT2D eigenvalue weighted by Crippen LogP contribution is -1.97. The monoisotopic (exact) mass is 226 g/mol. The zero-order chi connectivity index (χ0) is 11.4. The van der Waals surface area contributed by atoms with Gasteiger partial charge in [0.05, 0.1) is 5.56 Å². The molecule has 0 aliphatic carbocycles. The second kappa shape index (κ2) is 5.07. The van der Waals surface area contributed by atoms with Gasteiger partial charge in [0.15, 0.2) is 0 Å². The molecule has 0 radical (unpaired) electrons. The summed E-state index contributed by atoms with van der Waals surface area (Å²) in [6, 6.07) is 4.46. The van der Waals surface area contributed by atoms with Crippen molar-refractivity contribution >= 4 is 17.7 Å². The maximum Gasteiger partial charge on any atom is 0.335 e. The summed E-state index contributed by atoms with van der Waals surface area (Å²) in [6.45, 7) is 4.15. The second-order valence-corrected chi connectivity index (χ2v) is 5.07. The van der Waals surface area contributed by atoms with Gasteiger partial charge in [0.2, 0.25) is 0 Å². The first kappa shape index (κ1) is 11.9. The van der Waals surface area contributed by atoms with E-state index in [1.165, 1.54) is 12.1 Å². The molecule has 0 amide bonds. The van der Waals surface area contributed by atoms with Gasteiger partial charge in [-0.1, -0.05) is 19.9 Å². The summed E-state index contributed by atoms with van der Waals surface area (Å²) in [6.07, 6.45) is 0. The SMILES string of the molecule is CC(C)SCc1ccc(C(=O)O)cc1O. The number of aromatic carboxylic acids is 1. The van der Waals surface area contributed by atoms with Crippen molar-refractivity contribution in [1.29, 1.82) is 0 Å². The van der Waals surface area contributed by atoms with Crippen LogP contribution in [0.3, 0.4) is 0 Å². The maximum atomic E-state index is 10.6. The van der Waals surface area contributed by atoms with E-state index in [2.05, 4.69) is 13.8 Å². The zero-order valence-corrected chi connectivity index (χ0v) is 9.54. The summed E-state index contributed by atoms with van der Waals surface area (Å²) >= 11 is 1.71. The number of benzene rings is 1. The van der Waals surface area contributed by atoms with Gasteiger partial charge in [-0.15, -0.1) is 0 Å². The van der Waals surface area contributed by atoms with Crippen molar-refractivity contribution in [1.82, 2.24) is 0 Å². The lowest BCUT2D eigenvalue weighted by molar-refractivity contribution is 0.0696. The highest BCUT2D eigenvalue weighted by molar-refractivity contribution is 7.99. The minimum atomic E-state index is -1.02. The van der Waals surface area contributed by atoms with Crippen LogP contribution in [0.15, 0.2) is 18.2 Å². The number of hydrogen-bond acceptors (Lipinski definition) is 3. The molecule has 1 rings (SSSR count). The van der Waals surface area contributed by atoms with Gasteiger partial charge in [0.25, 0.3) is 0 Å². The topological polar surface area (TPSA) is 57.5 Å². The summed E-state index contributed by atoms with van der Waals surface area (Å²) in [4.78, 5) is 10.6. The zero-order valence-electron chi connectivity index (χ0n) is 8.73. The fraction of sp³-hybridized carbons (Fsp3) is 0.364. The highest BCUT2D eigenvalue weighted by Crippen LogP contribution is 2.25. The maximum absolute atomic E-state index is 10.6. The molecule has 0 saturated heterocycles. The quantitative estimate of drug-likeness (QED) is 0.828. The number of carboxylic acids is 1. The van der Waals surface area contributed by atoms with E-state index in [1.807, 2.05) is 0 Å². The van der Waals surface area contributed by atoms with Gasteiger partial charge in [0.1, 0.15) is 5.75 Å². The molecule has 15 heavy (non-hydrogen) atoms. The summed E-state index contributed by atoms with van der Waals surface area (Å²) in [5.74, 6) is -0.264. The van der Waals surface area contributed by atoms with Crippen molar-refractivity contribution in [3.8, 4) is 5.75 Å². The van der Waals surface area contributed by atoms with Crippen molar-refractivity contribution in [2.24, 2.45) is 0 Å². The number of thioether (sulfide) groups is 1. The Morgan fingerprint density at radius 2 is 2.13 bits per heavy atom. The molecule has 0 aromatic heterocycles. The molecule has 2 N–H and O–H groups in total. The molecule has 3 nitrogen and oxygen atoms in total. The predicted octanol–water partition coefficient (Wildman–Crippen LogP) is 2.73. The van der Waals surface area contributed by atoms with Crippen LogP contribution in [0.5, 0.6) is 5.75 Å². The third-order valence-electron chi connectivity index (χ3n) is 1.90. The van der Waals surface area contributed by atoms with E-state index in [0.717, 1.165) is 5.56 Å². The first-order valence-corrected chi connectivity index (χ1v) is 5.72. The van der Waals surface area contributed by atoms with E-state index in [-0.39, 0.29) is 11.3 Å². The standard InChI is InChI=1S/C11H14O3S/c1-7(2)15-6-9-4-3-8(11(13)14)5-10(9)12/h3-5,7,12H,6H2,1-2H3,(H,13,14). The van der Waals surface area contributed by atoms with E-state index >= 15 is 0 Å². The van der Waals surface area contributed by atoms with Crippen LogP contribution in [0, 0.1) is 0 Å². The number of hydrogen-bond donors (Lipinski definition) is 2. The third kappa shape index (κ3) is 3.47. The molecule has 0 fully saturated rings. The van der Waals surface area contributed by atoms with Gasteiger partial charge in [-0.05, 0) is 17.4 Å². The van der Waals surface area contributed by atoms with Crippen LogP contribution in [0.2, 0.25) is 0 Å². The normalized spacial score (nSPS) is 10.6. The minimum absolute atomic E-state index is 0.0584. The molecule has 4 heteroatoms. The van der Waals surface area contributed by atoms with Crippen LogP contribution < -0.4 is 0 Å². The van der Waals surface area contributed by atoms with Crippen LogP contribution in [0.4, 0.5) is 0 Å². The molecular formula is C11H14O3S. The summed E-state index contributed by atoms with van der Waals surface area (Å²) in [7, 11) is 0. The molecule has 0 bridgehead atoms. The van der Waals surface area contributed by atoms with Crippen molar-refractivity contribution in [2.45, 2.75) is 24.9 Å². The Bertz CT molecular complexity index is 361. The van der Waals surface area contributed by atoms with Crippen molar-refractivity contribution < 1.29 is 15.0 Å². The van der Waals surface area contributed by atoms with E-state index in [0.29, 0.717) is 11.0 Å². The van der Waals surface area contributed by atoms with Crippen LogP contribution in [-0.4, -0.2) is 21.4 Å². The van der Waals surface area contributed by atoms with Crippen LogP contribution in [0.25, 0.3) is 0 Å². The number of rotatable bonds is 4. The summed E-state index contributed by atoms with van der Waals surface area (Å²) in [5, 5.41) is 18.8. The van der Waals surface area contributed by atoms with Crippen LogP contribution in [0.1, 0.15) is 29.8 Å². The Labute approximate surface area is 93.1 Å². The van der Waals surface area contributed by atoms with Gasteiger partial charge >= 0.3 is 5.97 Å². The molecule has 0 atom stereocenters. The Balaban J connectivity index is 2.79. The molecule has 0 saturated carbocycles. The largest absolute Gasteiger partial charge is 0.508 e. The molecule has 0 spiro atoms. The summed E-state index contributed by atoms with van der Waals surface area (Å²) < 4.78 is 0. The molecule has 0 unspecified atom stereocenters. The van der Waals surface area contributed by atoms with Crippen LogP contribution >= 0.6 is 11.8 Å². The number of phenols is 1. The fourth-order valence-corrected chi connectivity index (χ4v) is 1.83. The molecule has 82 valence electrons. The van der Waals surface area contributed by atoms with E-state index in [9.17, 15) is 9.90 Å². The average molecular weight is 226 g/mol. The highest BCUT2D eigenvalue weighted by Gasteiger charge is 2.08. The first-order chi connectivity index (χ1) is 7.00. The van der Waals surface area contributed by atoms with Gasteiger partial charge < -0.3 is 10.2 Å². The third-order valence-corrected chi connectivity index (χ3v) is 3.05. The minimum Gasteiger partial charge on any atom is -0.508 e. The van der Waals surface area contributed by atoms with E-state index < -0.39 is 5.97 Å². The average Bonchev–Trinajstić information content (AvgIpc) is 2.15. The molecular weight excluding hydrogens is 212 g/mol. The number of phenolic OH excluding ortho intramolecular Hbond substituents is 1. The van der Waals surface area contributed by atoms with E-state index in [4.69, 9.17) is 5.11 Å². The van der Waals surface area contributed by atoms with Crippen molar-refractivity contribution in [2.75, 3.05) is 0 Å². The highest BCUT2D eigenvalue weighted by atomic mass is 32.2. The van der Waals surface area contributed by atoms with Crippen molar-refractivity contribution in [3.63, 3.8) is 0 Å². The lowest BCUT2D eigenvalue weighted by atomic mass is 10.1. The Morgan fingerprint density at radius 3 is 2.60 bits per heavy atom. The summed E-state index contributed by atoms with van der Waals surface area (Å²) in [5.41, 5.74) is 0.893. The number of aromatic hydroxyl groups is 1. The fourth-order valence-electron chi connectivity index (χ4n) is 1.08. The van der Waals surface area contributed by atoms with Crippen molar-refractivity contribution in [3.05, 3.63) is 29.3 Å². The smallest absolute Gasteiger partial charge is 0.335 e. The Hall–Kier alpha value is -1.16. The van der Waals surface area contributed by atoms with Gasteiger partial charge in [0, 0.05) is 11.3 Å². The molecule has 0 aliphatic heterocycles. The number of carboxylic acid groups (broad SMARTS) is 1.